The van der Waals surface area contributed by atoms with Crippen LogP contribution in [0.4, 0.5) is 10.1 Å². The Morgan fingerprint density at radius 1 is 1.23 bits per heavy atom. The summed E-state index contributed by atoms with van der Waals surface area (Å²) in [4.78, 5) is 29.9. The molecule has 2 aromatic carbocycles. The van der Waals surface area contributed by atoms with Crippen molar-refractivity contribution in [1.29, 1.82) is 0 Å². The predicted octanol–water partition coefficient (Wildman–Crippen LogP) is 3.43. The Morgan fingerprint density at radius 3 is 2.57 bits per heavy atom. The van der Waals surface area contributed by atoms with Gasteiger partial charge in [0.15, 0.2) is 10.1 Å². The average molecular weight is 468 g/mol. The smallest absolute Gasteiger partial charge is 0.270 e. The number of hydrogen-bond donors (Lipinski definition) is 2. The second kappa shape index (κ2) is 8.99. The fourth-order valence-electron chi connectivity index (χ4n) is 2.36. The highest BCUT2D eigenvalue weighted by atomic mass is 35.5. The van der Waals surface area contributed by atoms with Gasteiger partial charge >= 0.3 is 0 Å². The molecule has 0 saturated heterocycles. The van der Waals surface area contributed by atoms with Crippen molar-refractivity contribution < 1.29 is 17.6 Å². The van der Waals surface area contributed by atoms with E-state index in [4.69, 9.17) is 11.6 Å². The summed E-state index contributed by atoms with van der Waals surface area (Å²) in [7, 11) is -4.11. The standard InChI is InChI=1S/C19H15ClFN3O4S2/c1-11-2-7-14(8-15(11)20)30(27,28)16-9-22-19(24-18(16)26)29-10-17(25)23-13-5-3-12(21)4-6-13/h2-9H,10H2,1H3,(H,23,25)(H,22,24,26). The van der Waals surface area contributed by atoms with Crippen LogP contribution in [-0.2, 0) is 14.6 Å². The number of halogens is 2. The second-order valence-electron chi connectivity index (χ2n) is 6.14. The van der Waals surface area contributed by atoms with E-state index in [-0.39, 0.29) is 20.8 Å². The highest BCUT2D eigenvalue weighted by molar-refractivity contribution is 7.99. The number of rotatable bonds is 6. The maximum Gasteiger partial charge on any atom is 0.270 e. The van der Waals surface area contributed by atoms with Crippen LogP contribution in [0.3, 0.4) is 0 Å². The van der Waals surface area contributed by atoms with Crippen LogP contribution in [0.2, 0.25) is 5.02 Å². The molecule has 0 radical (unpaired) electrons. The number of aromatic amines is 1. The maximum atomic E-state index is 12.9. The highest BCUT2D eigenvalue weighted by Gasteiger charge is 2.23. The molecule has 0 atom stereocenters. The average Bonchev–Trinajstić information content (AvgIpc) is 2.70. The third-order valence-electron chi connectivity index (χ3n) is 3.95. The molecule has 0 bridgehead atoms. The van der Waals surface area contributed by atoms with Crippen molar-refractivity contribution in [2.75, 3.05) is 11.1 Å². The van der Waals surface area contributed by atoms with Crippen molar-refractivity contribution in [2.45, 2.75) is 21.9 Å². The molecule has 3 rings (SSSR count). The summed E-state index contributed by atoms with van der Waals surface area (Å²) in [6.07, 6.45) is 0.947. The number of hydrogen-bond acceptors (Lipinski definition) is 6. The van der Waals surface area contributed by atoms with Gasteiger partial charge in [0, 0.05) is 10.7 Å². The molecular formula is C19H15ClFN3O4S2. The SMILES string of the molecule is Cc1ccc(S(=O)(=O)c2cnc(SCC(=O)Nc3ccc(F)cc3)[nH]c2=O)cc1Cl. The Bertz CT molecular complexity index is 1260. The summed E-state index contributed by atoms with van der Waals surface area (Å²) >= 11 is 6.90. The fraction of sp³-hybridized carbons (Fsp3) is 0.105. The molecule has 156 valence electrons. The Labute approximate surface area is 180 Å². The number of aryl methyl sites for hydroxylation is 1. The van der Waals surface area contributed by atoms with Gasteiger partial charge in [0.1, 0.15) is 5.82 Å². The Balaban J connectivity index is 1.71. The van der Waals surface area contributed by atoms with Gasteiger partial charge in [-0.1, -0.05) is 29.4 Å². The minimum Gasteiger partial charge on any atom is -0.325 e. The number of carbonyl (C=O) groups is 1. The van der Waals surface area contributed by atoms with E-state index >= 15 is 0 Å². The lowest BCUT2D eigenvalue weighted by atomic mass is 10.2. The number of nitrogens with zero attached hydrogens (tertiary/aromatic N) is 1. The molecule has 1 aromatic heterocycles. The monoisotopic (exact) mass is 467 g/mol. The molecule has 0 aliphatic carbocycles. The summed E-state index contributed by atoms with van der Waals surface area (Å²) < 4.78 is 38.3. The molecule has 11 heteroatoms. The highest BCUT2D eigenvalue weighted by Crippen LogP contribution is 2.24. The van der Waals surface area contributed by atoms with E-state index in [2.05, 4.69) is 15.3 Å². The minimum absolute atomic E-state index is 0.0788. The Kier molecular flexibility index (Phi) is 6.59. The third kappa shape index (κ3) is 5.07. The first-order valence-corrected chi connectivity index (χ1v) is 11.3. The Hall–Kier alpha value is -2.69. The van der Waals surface area contributed by atoms with E-state index in [1.165, 1.54) is 36.4 Å². The van der Waals surface area contributed by atoms with Crippen LogP contribution in [0.15, 0.2) is 68.4 Å². The topological polar surface area (TPSA) is 109 Å². The molecule has 3 aromatic rings. The first kappa shape index (κ1) is 22.0. The fourth-order valence-corrected chi connectivity index (χ4v) is 4.50. The number of thioether (sulfide) groups is 1. The van der Waals surface area contributed by atoms with Crippen molar-refractivity contribution in [3.8, 4) is 0 Å². The number of carbonyl (C=O) groups excluding carboxylic acids is 1. The van der Waals surface area contributed by atoms with E-state index in [1.54, 1.807) is 13.0 Å². The maximum absolute atomic E-state index is 12.9. The van der Waals surface area contributed by atoms with E-state index in [9.17, 15) is 22.4 Å². The van der Waals surface area contributed by atoms with Gasteiger partial charge in [-0.05, 0) is 48.9 Å². The molecule has 1 heterocycles. The van der Waals surface area contributed by atoms with Gasteiger partial charge in [-0.25, -0.2) is 17.8 Å². The minimum atomic E-state index is -4.11. The molecule has 0 aliphatic rings. The lowest BCUT2D eigenvalue weighted by molar-refractivity contribution is -0.113. The molecule has 0 saturated carbocycles. The van der Waals surface area contributed by atoms with Gasteiger partial charge in [0.25, 0.3) is 5.56 Å². The number of benzene rings is 2. The normalized spacial score (nSPS) is 11.3. The first-order valence-electron chi connectivity index (χ1n) is 8.45. The van der Waals surface area contributed by atoms with Crippen LogP contribution in [-0.4, -0.2) is 30.0 Å². The molecule has 0 aliphatic heterocycles. The van der Waals surface area contributed by atoms with Crippen molar-refractivity contribution in [3.05, 3.63) is 75.4 Å². The lowest BCUT2D eigenvalue weighted by Gasteiger charge is -2.07. The first-order chi connectivity index (χ1) is 14.2. The number of sulfone groups is 1. The van der Waals surface area contributed by atoms with Crippen molar-refractivity contribution >= 4 is 44.8 Å². The van der Waals surface area contributed by atoms with Crippen LogP contribution >= 0.6 is 23.4 Å². The molecule has 1 amide bonds. The zero-order valence-corrected chi connectivity index (χ0v) is 17.9. The number of anilines is 1. The van der Waals surface area contributed by atoms with Gasteiger partial charge in [-0.2, -0.15) is 0 Å². The zero-order valence-electron chi connectivity index (χ0n) is 15.5. The van der Waals surface area contributed by atoms with Crippen molar-refractivity contribution in [2.24, 2.45) is 0 Å². The summed E-state index contributed by atoms with van der Waals surface area (Å²) in [5, 5.41) is 2.91. The van der Waals surface area contributed by atoms with Crippen LogP contribution in [0.1, 0.15) is 5.56 Å². The predicted molar refractivity (Wildman–Crippen MR) is 112 cm³/mol. The summed E-state index contributed by atoms with van der Waals surface area (Å²) in [6.45, 7) is 1.73. The molecule has 7 nitrogen and oxygen atoms in total. The van der Waals surface area contributed by atoms with Gasteiger partial charge in [0.05, 0.1) is 16.8 Å². The Morgan fingerprint density at radius 2 is 1.93 bits per heavy atom. The zero-order chi connectivity index (χ0) is 21.9. The molecular weight excluding hydrogens is 453 g/mol. The van der Waals surface area contributed by atoms with Crippen molar-refractivity contribution in [3.63, 3.8) is 0 Å². The lowest BCUT2D eigenvalue weighted by Crippen LogP contribution is -2.20. The number of nitrogens with one attached hydrogen (secondary N) is 2. The summed E-state index contributed by atoms with van der Waals surface area (Å²) in [5.74, 6) is -0.924. The molecule has 2 N–H and O–H groups in total. The third-order valence-corrected chi connectivity index (χ3v) is 6.99. The summed E-state index contributed by atoms with van der Waals surface area (Å²) in [6, 6.07) is 9.42. The van der Waals surface area contributed by atoms with E-state index in [1.807, 2.05) is 0 Å². The van der Waals surface area contributed by atoms with Gasteiger partial charge < -0.3 is 10.3 Å². The summed E-state index contributed by atoms with van der Waals surface area (Å²) in [5.41, 5.74) is 0.262. The van der Waals surface area contributed by atoms with Crippen molar-refractivity contribution in [1.82, 2.24) is 9.97 Å². The van der Waals surface area contributed by atoms with E-state index in [0.29, 0.717) is 11.3 Å². The van der Waals surface area contributed by atoms with E-state index < -0.39 is 32.0 Å². The second-order valence-corrected chi connectivity index (χ2v) is 9.43. The van der Waals surface area contributed by atoms with Crippen LogP contribution < -0.4 is 10.9 Å². The molecule has 0 unspecified atom stereocenters. The number of aromatic nitrogens is 2. The number of amides is 1. The molecule has 30 heavy (non-hydrogen) atoms. The van der Waals surface area contributed by atoms with Gasteiger partial charge in [-0.3, -0.25) is 9.59 Å². The van der Waals surface area contributed by atoms with Crippen LogP contribution in [0, 0.1) is 12.7 Å². The largest absolute Gasteiger partial charge is 0.325 e. The molecule has 0 fully saturated rings. The van der Waals surface area contributed by atoms with E-state index in [0.717, 1.165) is 18.0 Å². The van der Waals surface area contributed by atoms with Gasteiger partial charge in [0.2, 0.25) is 15.7 Å². The number of H-pyrrole nitrogens is 1. The van der Waals surface area contributed by atoms with Crippen LogP contribution in [0.5, 0.6) is 0 Å². The molecule has 0 spiro atoms. The van der Waals surface area contributed by atoms with Crippen LogP contribution in [0.25, 0.3) is 0 Å². The van der Waals surface area contributed by atoms with Gasteiger partial charge in [-0.15, -0.1) is 0 Å². The quantitative estimate of drug-likeness (QED) is 0.424.